The first-order chi connectivity index (χ1) is 13.0. The number of fused-ring (bicyclic) bond motifs is 1. The number of ether oxygens (including phenoxy) is 2. The number of hydrogen-bond acceptors (Lipinski definition) is 7. The van der Waals surface area contributed by atoms with Gasteiger partial charge in [0.05, 0.1) is 21.1 Å². The first-order valence-corrected chi connectivity index (χ1v) is 12.2. The number of methoxy groups -OCH3 is 1. The zero-order valence-electron chi connectivity index (χ0n) is 14.4. The Kier molecular flexibility index (Phi) is 5.43. The van der Waals surface area contributed by atoms with E-state index in [1.807, 2.05) is 18.2 Å². The van der Waals surface area contributed by atoms with Crippen molar-refractivity contribution in [1.29, 1.82) is 0 Å². The smallest absolute Gasteiger partial charge is 0.274 e. The number of aromatic nitrogens is 1. The van der Waals surface area contributed by atoms with E-state index in [0.29, 0.717) is 35.3 Å². The van der Waals surface area contributed by atoms with E-state index in [1.165, 1.54) is 27.0 Å². The maximum Gasteiger partial charge on any atom is 0.274 e. The summed E-state index contributed by atoms with van der Waals surface area (Å²) in [5.41, 5.74) is 0.845. The normalized spacial score (nSPS) is 16.7. The summed E-state index contributed by atoms with van der Waals surface area (Å²) in [6.45, 7) is 0.891. The van der Waals surface area contributed by atoms with Crippen LogP contribution in [0.3, 0.4) is 0 Å². The second-order valence-electron chi connectivity index (χ2n) is 6.09. The number of rotatable bonds is 5. The maximum absolute atomic E-state index is 12.7. The Balaban J connectivity index is 1.41. The first kappa shape index (κ1) is 19.1. The molecule has 1 aromatic carbocycles. The molecule has 0 saturated carbocycles. The van der Waals surface area contributed by atoms with Gasteiger partial charge in [0, 0.05) is 19.2 Å². The molecule has 1 fully saturated rings. The number of piperidine rings is 1. The van der Waals surface area contributed by atoms with Crippen LogP contribution in [0.2, 0.25) is 0 Å². The van der Waals surface area contributed by atoms with Crippen molar-refractivity contribution >= 4 is 58.8 Å². The van der Waals surface area contributed by atoms with Gasteiger partial charge >= 0.3 is 0 Å². The fourth-order valence-corrected chi connectivity index (χ4v) is 7.46. The predicted octanol–water partition coefficient (Wildman–Crippen LogP) is 4.36. The Morgan fingerprint density at radius 3 is 2.63 bits per heavy atom. The van der Waals surface area contributed by atoms with Crippen LogP contribution in [0.1, 0.15) is 12.8 Å². The number of benzene rings is 1. The van der Waals surface area contributed by atoms with Crippen LogP contribution in [0.15, 0.2) is 38.3 Å². The summed E-state index contributed by atoms with van der Waals surface area (Å²) >= 11 is 6.05. The minimum atomic E-state index is -3.43. The lowest BCUT2D eigenvalue weighted by Gasteiger charge is -2.30. The molecular weight excluding hydrogens is 472 g/mol. The van der Waals surface area contributed by atoms with Crippen LogP contribution < -0.4 is 9.47 Å². The number of hydrogen-bond donors (Lipinski definition) is 0. The molecule has 0 spiro atoms. The predicted molar refractivity (Wildman–Crippen MR) is 111 cm³/mol. The van der Waals surface area contributed by atoms with E-state index in [9.17, 15) is 8.42 Å². The average Bonchev–Trinajstić information content (AvgIpc) is 3.27. The first-order valence-electron chi connectivity index (χ1n) is 8.32. The zero-order chi connectivity index (χ0) is 19.0. The summed E-state index contributed by atoms with van der Waals surface area (Å²) in [6.07, 6.45) is 1.25. The number of sulfonamides is 1. The molecular formula is C17H17BrN2O4S3. The molecule has 3 heterocycles. The third kappa shape index (κ3) is 4.00. The zero-order valence-corrected chi connectivity index (χ0v) is 18.5. The molecule has 3 aromatic rings. The van der Waals surface area contributed by atoms with Crippen LogP contribution in [0.5, 0.6) is 10.9 Å². The van der Waals surface area contributed by atoms with E-state index in [-0.39, 0.29) is 6.10 Å². The summed E-state index contributed by atoms with van der Waals surface area (Å²) in [6, 6.07) is 9.15. The highest BCUT2D eigenvalue weighted by Gasteiger charge is 2.31. The fourth-order valence-electron chi connectivity index (χ4n) is 2.96. The van der Waals surface area contributed by atoms with E-state index in [1.54, 1.807) is 19.2 Å². The highest BCUT2D eigenvalue weighted by atomic mass is 79.9. The van der Waals surface area contributed by atoms with Gasteiger partial charge in [-0.1, -0.05) is 11.3 Å². The van der Waals surface area contributed by atoms with Gasteiger partial charge in [0.2, 0.25) is 0 Å². The second-order valence-corrected chi connectivity index (χ2v) is 11.7. The van der Waals surface area contributed by atoms with Crippen molar-refractivity contribution in [2.24, 2.45) is 0 Å². The standard InChI is InChI=1S/C17H17BrN2O4S3/c1-23-12-2-3-14-13(10-12)19-17(25-14)24-11-6-8-20(9-7-11)27(21,22)16-5-4-15(18)26-16/h2-5,10-11H,6-9H2,1H3. The van der Waals surface area contributed by atoms with Crippen molar-refractivity contribution in [2.45, 2.75) is 23.2 Å². The lowest BCUT2D eigenvalue weighted by molar-refractivity contribution is 0.135. The van der Waals surface area contributed by atoms with Gasteiger partial charge in [-0.15, -0.1) is 11.3 Å². The fraction of sp³-hybridized carbons (Fsp3) is 0.353. The molecule has 144 valence electrons. The minimum Gasteiger partial charge on any atom is -0.497 e. The van der Waals surface area contributed by atoms with Crippen LogP contribution in [0, 0.1) is 0 Å². The SMILES string of the molecule is COc1ccc2sc(OC3CCN(S(=O)(=O)c4ccc(Br)s4)CC3)nc2c1. The van der Waals surface area contributed by atoms with Crippen LogP contribution in [0.4, 0.5) is 0 Å². The molecule has 6 nitrogen and oxygen atoms in total. The van der Waals surface area contributed by atoms with Crippen molar-refractivity contribution in [3.8, 4) is 10.9 Å². The molecule has 0 bridgehead atoms. The lowest BCUT2D eigenvalue weighted by Crippen LogP contribution is -2.41. The van der Waals surface area contributed by atoms with Gasteiger partial charge in [0.15, 0.2) is 0 Å². The number of nitrogens with zero attached hydrogens (tertiary/aromatic N) is 2. The molecule has 0 atom stereocenters. The highest BCUT2D eigenvalue weighted by molar-refractivity contribution is 9.11. The summed E-state index contributed by atoms with van der Waals surface area (Å²) < 4.78 is 40.4. The third-order valence-electron chi connectivity index (χ3n) is 4.39. The molecule has 0 N–H and O–H groups in total. The molecule has 2 aromatic heterocycles. The molecule has 1 aliphatic rings. The number of thiazole rings is 1. The van der Waals surface area contributed by atoms with Crippen LogP contribution >= 0.6 is 38.6 Å². The van der Waals surface area contributed by atoms with Crippen molar-refractivity contribution in [2.75, 3.05) is 20.2 Å². The summed E-state index contributed by atoms with van der Waals surface area (Å²) in [4.78, 5) is 4.51. The summed E-state index contributed by atoms with van der Waals surface area (Å²) in [5, 5.41) is 0.613. The van der Waals surface area contributed by atoms with Gasteiger partial charge in [-0.2, -0.15) is 4.31 Å². The van der Waals surface area contributed by atoms with Gasteiger partial charge in [-0.3, -0.25) is 0 Å². The van der Waals surface area contributed by atoms with Crippen LogP contribution in [-0.4, -0.2) is 44.0 Å². The van der Waals surface area contributed by atoms with E-state index in [4.69, 9.17) is 9.47 Å². The highest BCUT2D eigenvalue weighted by Crippen LogP contribution is 2.33. The van der Waals surface area contributed by atoms with Crippen LogP contribution in [-0.2, 0) is 10.0 Å². The van der Waals surface area contributed by atoms with Gasteiger partial charge in [0.25, 0.3) is 15.2 Å². The third-order valence-corrected chi connectivity index (χ3v) is 9.30. The Bertz CT molecular complexity index is 1060. The topological polar surface area (TPSA) is 68.7 Å². The molecule has 1 aliphatic heterocycles. The van der Waals surface area contributed by atoms with Gasteiger partial charge in [-0.05, 0) is 53.0 Å². The monoisotopic (exact) mass is 488 g/mol. The molecule has 0 amide bonds. The van der Waals surface area contributed by atoms with E-state index in [0.717, 1.165) is 19.8 Å². The Morgan fingerprint density at radius 2 is 1.96 bits per heavy atom. The van der Waals surface area contributed by atoms with Crippen molar-refractivity contribution in [3.05, 3.63) is 34.1 Å². The maximum atomic E-state index is 12.7. The molecule has 27 heavy (non-hydrogen) atoms. The van der Waals surface area contributed by atoms with E-state index < -0.39 is 10.0 Å². The molecule has 0 unspecified atom stereocenters. The number of thiophene rings is 1. The van der Waals surface area contributed by atoms with E-state index in [2.05, 4.69) is 20.9 Å². The van der Waals surface area contributed by atoms with Gasteiger partial charge in [-0.25, -0.2) is 13.4 Å². The molecule has 0 aliphatic carbocycles. The average molecular weight is 489 g/mol. The van der Waals surface area contributed by atoms with Gasteiger partial charge in [0.1, 0.15) is 16.1 Å². The molecule has 1 saturated heterocycles. The van der Waals surface area contributed by atoms with Crippen molar-refractivity contribution in [1.82, 2.24) is 9.29 Å². The minimum absolute atomic E-state index is 0.0334. The Hall–Kier alpha value is -1.20. The van der Waals surface area contributed by atoms with Gasteiger partial charge < -0.3 is 9.47 Å². The number of halogens is 1. The largest absolute Gasteiger partial charge is 0.497 e. The van der Waals surface area contributed by atoms with E-state index >= 15 is 0 Å². The summed E-state index contributed by atoms with van der Waals surface area (Å²) in [5.74, 6) is 0.762. The lowest BCUT2D eigenvalue weighted by atomic mass is 10.1. The Labute approximate surface area is 173 Å². The Morgan fingerprint density at radius 1 is 1.19 bits per heavy atom. The van der Waals surface area contributed by atoms with Crippen LogP contribution in [0.25, 0.3) is 10.2 Å². The summed E-state index contributed by atoms with van der Waals surface area (Å²) in [7, 11) is -1.80. The quantitative estimate of drug-likeness (QED) is 0.533. The van der Waals surface area contributed by atoms with Crippen molar-refractivity contribution in [3.63, 3.8) is 0 Å². The molecule has 4 rings (SSSR count). The molecule has 0 radical (unpaired) electrons. The van der Waals surface area contributed by atoms with Crippen molar-refractivity contribution < 1.29 is 17.9 Å². The second kappa shape index (κ2) is 7.67. The molecule has 10 heteroatoms.